The number of fused-ring (bicyclic) bond motifs is 2. The van der Waals surface area contributed by atoms with Crippen LogP contribution < -0.4 is 5.56 Å². The SMILES string of the molecule is CCCCn1c(SCCN2C(=O)c3ccccc3C2=O)nc2ccccc2c1=O. The normalized spacial score (nSPS) is 13.3. The molecule has 2 amide bonds. The Morgan fingerprint density at radius 1 is 0.897 bits per heavy atom. The minimum Gasteiger partial charge on any atom is -0.287 e. The third-order valence-corrected chi connectivity index (χ3v) is 5.94. The number of imide groups is 1. The molecule has 0 saturated heterocycles. The van der Waals surface area contributed by atoms with Crippen molar-refractivity contribution in [1.29, 1.82) is 0 Å². The van der Waals surface area contributed by atoms with E-state index in [1.807, 2.05) is 18.2 Å². The van der Waals surface area contributed by atoms with Crippen molar-refractivity contribution in [1.82, 2.24) is 14.5 Å². The molecule has 0 bridgehead atoms. The van der Waals surface area contributed by atoms with Crippen LogP contribution in [-0.2, 0) is 6.54 Å². The Balaban J connectivity index is 1.55. The van der Waals surface area contributed by atoms with E-state index in [1.54, 1.807) is 34.9 Å². The van der Waals surface area contributed by atoms with Gasteiger partial charge in [-0.15, -0.1) is 0 Å². The number of benzene rings is 2. The molecule has 4 rings (SSSR count). The summed E-state index contributed by atoms with van der Waals surface area (Å²) in [4.78, 5) is 43.9. The van der Waals surface area contributed by atoms with Gasteiger partial charge in [0.1, 0.15) is 0 Å². The van der Waals surface area contributed by atoms with Crippen LogP contribution in [0.5, 0.6) is 0 Å². The molecule has 1 aliphatic heterocycles. The Morgan fingerprint density at radius 3 is 2.24 bits per heavy atom. The molecular formula is C22H21N3O3S. The Labute approximate surface area is 172 Å². The van der Waals surface area contributed by atoms with E-state index in [1.165, 1.54) is 16.7 Å². The van der Waals surface area contributed by atoms with E-state index in [0.717, 1.165) is 12.8 Å². The number of nitrogens with zero attached hydrogens (tertiary/aromatic N) is 3. The zero-order chi connectivity index (χ0) is 20.4. The van der Waals surface area contributed by atoms with Crippen molar-refractivity contribution in [2.75, 3.05) is 12.3 Å². The minimum absolute atomic E-state index is 0.0488. The van der Waals surface area contributed by atoms with Crippen LogP contribution in [0.4, 0.5) is 0 Å². The number of aromatic nitrogens is 2. The van der Waals surface area contributed by atoms with Gasteiger partial charge in [-0.25, -0.2) is 4.98 Å². The zero-order valence-corrected chi connectivity index (χ0v) is 16.9. The van der Waals surface area contributed by atoms with E-state index < -0.39 is 0 Å². The van der Waals surface area contributed by atoms with Crippen molar-refractivity contribution in [3.63, 3.8) is 0 Å². The first-order valence-electron chi connectivity index (χ1n) is 9.69. The van der Waals surface area contributed by atoms with Crippen molar-refractivity contribution in [3.8, 4) is 0 Å². The van der Waals surface area contributed by atoms with Gasteiger partial charge in [-0.05, 0) is 30.7 Å². The number of amides is 2. The highest BCUT2D eigenvalue weighted by Crippen LogP contribution is 2.24. The summed E-state index contributed by atoms with van der Waals surface area (Å²) < 4.78 is 1.71. The topological polar surface area (TPSA) is 72.3 Å². The van der Waals surface area contributed by atoms with Gasteiger partial charge < -0.3 is 0 Å². The van der Waals surface area contributed by atoms with Crippen LogP contribution in [0.25, 0.3) is 10.9 Å². The first-order valence-corrected chi connectivity index (χ1v) is 10.7. The van der Waals surface area contributed by atoms with E-state index in [9.17, 15) is 14.4 Å². The van der Waals surface area contributed by atoms with E-state index in [-0.39, 0.29) is 23.9 Å². The maximum atomic E-state index is 12.9. The molecule has 2 aromatic carbocycles. The van der Waals surface area contributed by atoms with E-state index in [2.05, 4.69) is 11.9 Å². The second-order valence-electron chi connectivity index (χ2n) is 6.88. The number of thioether (sulfide) groups is 1. The first kappa shape index (κ1) is 19.4. The summed E-state index contributed by atoms with van der Waals surface area (Å²) in [6, 6.07) is 14.2. The minimum atomic E-state index is -0.263. The predicted molar refractivity (Wildman–Crippen MR) is 113 cm³/mol. The Bertz CT molecular complexity index is 1120. The highest BCUT2D eigenvalue weighted by molar-refractivity contribution is 7.99. The van der Waals surface area contributed by atoms with Crippen LogP contribution in [0, 0.1) is 0 Å². The molecule has 0 saturated carbocycles. The molecule has 0 spiro atoms. The molecule has 3 aromatic rings. The number of rotatable bonds is 7. The van der Waals surface area contributed by atoms with Crippen molar-refractivity contribution in [2.24, 2.45) is 0 Å². The molecule has 2 heterocycles. The number of para-hydroxylation sites is 1. The van der Waals surface area contributed by atoms with E-state index >= 15 is 0 Å². The van der Waals surface area contributed by atoms with Crippen LogP contribution in [0.15, 0.2) is 58.5 Å². The van der Waals surface area contributed by atoms with Gasteiger partial charge >= 0.3 is 0 Å². The molecule has 0 aliphatic carbocycles. The lowest BCUT2D eigenvalue weighted by Crippen LogP contribution is -2.32. The van der Waals surface area contributed by atoms with E-state index in [0.29, 0.717) is 39.5 Å². The van der Waals surface area contributed by atoms with Gasteiger partial charge in [-0.3, -0.25) is 23.9 Å². The van der Waals surface area contributed by atoms with Gasteiger partial charge in [0.15, 0.2) is 5.16 Å². The monoisotopic (exact) mass is 407 g/mol. The van der Waals surface area contributed by atoms with Crippen molar-refractivity contribution in [2.45, 2.75) is 31.5 Å². The van der Waals surface area contributed by atoms with Gasteiger partial charge in [0.25, 0.3) is 17.4 Å². The summed E-state index contributed by atoms with van der Waals surface area (Å²) in [7, 11) is 0. The maximum Gasteiger partial charge on any atom is 0.262 e. The molecular weight excluding hydrogens is 386 g/mol. The van der Waals surface area contributed by atoms with Gasteiger partial charge in [0.05, 0.1) is 22.0 Å². The molecule has 1 aliphatic rings. The molecule has 0 fully saturated rings. The lowest BCUT2D eigenvalue weighted by Gasteiger charge is -2.15. The van der Waals surface area contributed by atoms with Crippen LogP contribution in [-0.4, -0.2) is 38.6 Å². The smallest absolute Gasteiger partial charge is 0.262 e. The number of carbonyl (C=O) groups is 2. The molecule has 0 radical (unpaired) electrons. The quantitative estimate of drug-likeness (QED) is 0.340. The molecule has 29 heavy (non-hydrogen) atoms. The molecule has 0 unspecified atom stereocenters. The highest BCUT2D eigenvalue weighted by atomic mass is 32.2. The molecule has 148 valence electrons. The fourth-order valence-corrected chi connectivity index (χ4v) is 4.39. The van der Waals surface area contributed by atoms with Crippen LogP contribution in [0.1, 0.15) is 40.5 Å². The Hall–Kier alpha value is -2.93. The largest absolute Gasteiger partial charge is 0.287 e. The Morgan fingerprint density at radius 2 is 1.55 bits per heavy atom. The molecule has 0 N–H and O–H groups in total. The van der Waals surface area contributed by atoms with Crippen LogP contribution >= 0.6 is 11.8 Å². The summed E-state index contributed by atoms with van der Waals surface area (Å²) in [6.45, 7) is 2.95. The highest BCUT2D eigenvalue weighted by Gasteiger charge is 2.34. The summed E-state index contributed by atoms with van der Waals surface area (Å²) in [5.74, 6) is -0.0513. The van der Waals surface area contributed by atoms with Crippen LogP contribution in [0.2, 0.25) is 0 Å². The van der Waals surface area contributed by atoms with Gasteiger partial charge in [0.2, 0.25) is 0 Å². The molecule has 0 atom stereocenters. The summed E-state index contributed by atoms with van der Waals surface area (Å²) in [6.07, 6.45) is 1.85. The van der Waals surface area contributed by atoms with Gasteiger partial charge in [-0.1, -0.05) is 49.4 Å². The standard InChI is InChI=1S/C22H21N3O3S/c1-2-3-12-25-21(28)17-10-6-7-11-18(17)23-22(25)29-14-13-24-19(26)15-8-4-5-9-16(15)20(24)27/h4-11H,2-3,12-14H2,1H3. The van der Waals surface area contributed by atoms with Crippen molar-refractivity contribution >= 4 is 34.5 Å². The fraction of sp³-hybridized carbons (Fsp3) is 0.273. The molecule has 6 nitrogen and oxygen atoms in total. The number of hydrogen-bond donors (Lipinski definition) is 0. The van der Waals surface area contributed by atoms with Gasteiger partial charge in [0, 0.05) is 18.8 Å². The van der Waals surface area contributed by atoms with Crippen molar-refractivity contribution in [3.05, 3.63) is 70.0 Å². The summed E-state index contributed by atoms with van der Waals surface area (Å²) in [5.41, 5.74) is 1.51. The Kier molecular flexibility index (Phi) is 5.49. The maximum absolute atomic E-state index is 12.9. The van der Waals surface area contributed by atoms with Crippen LogP contribution in [0.3, 0.4) is 0 Å². The fourth-order valence-electron chi connectivity index (χ4n) is 3.44. The average molecular weight is 407 g/mol. The van der Waals surface area contributed by atoms with Crippen molar-refractivity contribution < 1.29 is 9.59 Å². The first-order chi connectivity index (χ1) is 14.1. The lowest BCUT2D eigenvalue weighted by molar-refractivity contribution is 0.0664. The van der Waals surface area contributed by atoms with Gasteiger partial charge in [-0.2, -0.15) is 0 Å². The summed E-state index contributed by atoms with van der Waals surface area (Å²) in [5, 5.41) is 1.23. The second kappa shape index (κ2) is 8.21. The number of hydrogen-bond acceptors (Lipinski definition) is 5. The number of unbranched alkanes of at least 4 members (excludes halogenated alkanes) is 1. The molecule has 7 heteroatoms. The molecule has 1 aromatic heterocycles. The third kappa shape index (κ3) is 3.58. The van der Waals surface area contributed by atoms with E-state index in [4.69, 9.17) is 0 Å². The number of carbonyl (C=O) groups excluding carboxylic acids is 2. The predicted octanol–water partition coefficient (Wildman–Crippen LogP) is 3.58. The zero-order valence-electron chi connectivity index (χ0n) is 16.1. The third-order valence-electron chi connectivity index (χ3n) is 4.99. The second-order valence-corrected chi connectivity index (χ2v) is 7.94. The lowest BCUT2D eigenvalue weighted by atomic mass is 10.1. The summed E-state index contributed by atoms with van der Waals surface area (Å²) >= 11 is 1.40. The average Bonchev–Trinajstić information content (AvgIpc) is 2.98.